The van der Waals surface area contributed by atoms with Gasteiger partial charge in [-0.05, 0) is 36.4 Å². The minimum atomic E-state index is -0.0639. The fraction of sp³-hybridized carbons (Fsp3) is 0.133. The molecule has 0 aliphatic rings. The zero-order valence-electron chi connectivity index (χ0n) is 11.6. The second kappa shape index (κ2) is 6.60. The summed E-state index contributed by atoms with van der Waals surface area (Å²) in [4.78, 5) is 15.2. The number of halogens is 2. The molecule has 2 aromatic carbocycles. The Balaban J connectivity index is 2.32. The Hall–Kier alpha value is -1.36. The monoisotopic (exact) mass is 340 g/mol. The van der Waals surface area contributed by atoms with Gasteiger partial charge in [-0.3, -0.25) is 4.79 Å². The number of amides is 1. The molecule has 0 aromatic heterocycles. The van der Waals surface area contributed by atoms with Crippen molar-refractivity contribution in [2.45, 2.75) is 9.79 Å². The quantitative estimate of drug-likeness (QED) is 0.840. The van der Waals surface area contributed by atoms with Crippen LogP contribution in [-0.4, -0.2) is 24.9 Å². The van der Waals surface area contributed by atoms with Crippen molar-refractivity contribution in [1.29, 1.82) is 0 Å². The van der Waals surface area contributed by atoms with E-state index in [1.165, 1.54) is 16.7 Å². The molecule has 0 radical (unpaired) electrons. The van der Waals surface area contributed by atoms with Crippen LogP contribution in [0, 0.1) is 0 Å². The summed E-state index contributed by atoms with van der Waals surface area (Å²) in [6, 6.07) is 10.6. The van der Waals surface area contributed by atoms with Gasteiger partial charge in [-0.15, -0.1) is 0 Å². The highest BCUT2D eigenvalue weighted by molar-refractivity contribution is 7.99. The first-order chi connectivity index (χ1) is 9.88. The Kier molecular flexibility index (Phi) is 5.04. The van der Waals surface area contributed by atoms with Crippen molar-refractivity contribution < 1.29 is 4.79 Å². The van der Waals surface area contributed by atoms with Crippen LogP contribution in [0.1, 0.15) is 10.4 Å². The van der Waals surface area contributed by atoms with Gasteiger partial charge in [0.05, 0.1) is 10.0 Å². The third kappa shape index (κ3) is 3.84. The summed E-state index contributed by atoms with van der Waals surface area (Å²) < 4.78 is 0. The molecule has 0 saturated heterocycles. The maximum absolute atomic E-state index is 12.0. The van der Waals surface area contributed by atoms with E-state index in [1.54, 1.807) is 44.4 Å². The van der Waals surface area contributed by atoms with Gasteiger partial charge in [0, 0.05) is 35.1 Å². The Morgan fingerprint density at radius 1 is 1.10 bits per heavy atom. The second-order valence-corrected chi connectivity index (χ2v) is 6.56. The Morgan fingerprint density at radius 2 is 1.81 bits per heavy atom. The van der Waals surface area contributed by atoms with E-state index in [0.29, 0.717) is 21.3 Å². The topological polar surface area (TPSA) is 46.3 Å². The fourth-order valence-electron chi connectivity index (χ4n) is 1.68. The van der Waals surface area contributed by atoms with Crippen molar-refractivity contribution in [2.24, 2.45) is 0 Å². The zero-order valence-corrected chi connectivity index (χ0v) is 13.9. The lowest BCUT2D eigenvalue weighted by atomic mass is 10.2. The molecule has 0 saturated carbocycles. The Bertz CT molecular complexity index is 689. The van der Waals surface area contributed by atoms with Gasteiger partial charge in [0.15, 0.2) is 0 Å². The number of nitrogens with zero attached hydrogens (tertiary/aromatic N) is 1. The largest absolute Gasteiger partial charge is 0.398 e. The average Bonchev–Trinajstić information content (AvgIpc) is 2.44. The van der Waals surface area contributed by atoms with E-state index in [2.05, 4.69) is 0 Å². The van der Waals surface area contributed by atoms with Gasteiger partial charge in [-0.25, -0.2) is 0 Å². The van der Waals surface area contributed by atoms with E-state index in [1.807, 2.05) is 6.07 Å². The summed E-state index contributed by atoms with van der Waals surface area (Å²) in [7, 11) is 3.43. The molecule has 0 bridgehead atoms. The third-order valence-corrected chi connectivity index (χ3v) is 4.59. The van der Waals surface area contributed by atoms with Crippen molar-refractivity contribution in [1.82, 2.24) is 4.90 Å². The number of carbonyl (C=O) groups is 1. The molecule has 21 heavy (non-hydrogen) atoms. The molecule has 2 N–H and O–H groups in total. The lowest BCUT2D eigenvalue weighted by molar-refractivity contribution is 0.0827. The number of hydrogen-bond acceptors (Lipinski definition) is 3. The van der Waals surface area contributed by atoms with E-state index in [0.717, 1.165) is 9.79 Å². The van der Waals surface area contributed by atoms with Crippen LogP contribution in [0.25, 0.3) is 0 Å². The number of anilines is 1. The number of carbonyl (C=O) groups excluding carboxylic acids is 1. The molecule has 1 amide bonds. The van der Waals surface area contributed by atoms with Crippen LogP contribution in [0.4, 0.5) is 5.69 Å². The third-order valence-electron chi connectivity index (χ3n) is 2.79. The minimum Gasteiger partial charge on any atom is -0.398 e. The predicted molar refractivity (Wildman–Crippen MR) is 89.5 cm³/mol. The van der Waals surface area contributed by atoms with Crippen molar-refractivity contribution >= 4 is 46.6 Å². The molecule has 0 heterocycles. The number of rotatable bonds is 3. The van der Waals surface area contributed by atoms with Gasteiger partial charge in [0.1, 0.15) is 0 Å². The van der Waals surface area contributed by atoms with Gasteiger partial charge in [-0.1, -0.05) is 35.0 Å². The summed E-state index contributed by atoms with van der Waals surface area (Å²) >= 11 is 13.3. The van der Waals surface area contributed by atoms with Crippen LogP contribution >= 0.6 is 35.0 Å². The van der Waals surface area contributed by atoms with Crippen LogP contribution in [0.15, 0.2) is 46.2 Å². The van der Waals surface area contributed by atoms with Crippen molar-refractivity contribution in [2.75, 3.05) is 19.8 Å². The molecular formula is C15H14Cl2N2OS. The van der Waals surface area contributed by atoms with E-state index >= 15 is 0 Å². The molecule has 2 aromatic rings. The van der Waals surface area contributed by atoms with E-state index in [9.17, 15) is 4.79 Å². The zero-order chi connectivity index (χ0) is 15.6. The predicted octanol–water partition coefficient (Wildman–Crippen LogP) is 4.43. The SMILES string of the molecule is CN(C)C(=O)c1ccc(N)c(Sc2ccc(Cl)c(Cl)c2)c1. The molecule has 0 atom stereocenters. The minimum absolute atomic E-state index is 0.0639. The van der Waals surface area contributed by atoms with Crippen molar-refractivity contribution in [3.05, 3.63) is 52.0 Å². The fourth-order valence-corrected chi connectivity index (χ4v) is 2.98. The normalized spacial score (nSPS) is 10.5. The van der Waals surface area contributed by atoms with Crippen molar-refractivity contribution in [3.8, 4) is 0 Å². The van der Waals surface area contributed by atoms with Gasteiger partial charge in [0.2, 0.25) is 0 Å². The first kappa shape index (κ1) is 16.0. The summed E-state index contributed by atoms with van der Waals surface area (Å²) in [5.41, 5.74) is 7.18. The van der Waals surface area contributed by atoms with Gasteiger partial charge < -0.3 is 10.6 Å². The average molecular weight is 341 g/mol. The number of nitrogen functional groups attached to an aromatic ring is 1. The summed E-state index contributed by atoms with van der Waals surface area (Å²) in [6.07, 6.45) is 0. The molecule has 6 heteroatoms. The standard InChI is InChI=1S/C15H14Cl2N2OS/c1-19(2)15(20)9-3-6-13(18)14(7-9)21-10-4-5-11(16)12(17)8-10/h3-8H,18H2,1-2H3. The highest BCUT2D eigenvalue weighted by Crippen LogP contribution is 2.35. The molecule has 0 aliphatic carbocycles. The molecular weight excluding hydrogens is 327 g/mol. The Labute approximate surface area is 138 Å². The first-order valence-electron chi connectivity index (χ1n) is 6.12. The summed E-state index contributed by atoms with van der Waals surface area (Å²) in [5, 5.41) is 0.992. The highest BCUT2D eigenvalue weighted by atomic mass is 35.5. The maximum atomic E-state index is 12.0. The van der Waals surface area contributed by atoms with E-state index in [4.69, 9.17) is 28.9 Å². The smallest absolute Gasteiger partial charge is 0.253 e. The van der Waals surface area contributed by atoms with Gasteiger partial charge in [0.25, 0.3) is 5.91 Å². The van der Waals surface area contributed by atoms with Gasteiger partial charge >= 0.3 is 0 Å². The van der Waals surface area contributed by atoms with E-state index in [-0.39, 0.29) is 5.91 Å². The lowest BCUT2D eigenvalue weighted by Crippen LogP contribution is -2.21. The van der Waals surface area contributed by atoms with Crippen LogP contribution in [0.3, 0.4) is 0 Å². The highest BCUT2D eigenvalue weighted by Gasteiger charge is 2.11. The molecule has 0 aliphatic heterocycles. The first-order valence-corrected chi connectivity index (χ1v) is 7.70. The summed E-state index contributed by atoms with van der Waals surface area (Å²) in [6.45, 7) is 0. The van der Waals surface area contributed by atoms with E-state index < -0.39 is 0 Å². The second-order valence-electron chi connectivity index (χ2n) is 4.63. The van der Waals surface area contributed by atoms with Crippen molar-refractivity contribution in [3.63, 3.8) is 0 Å². The molecule has 110 valence electrons. The molecule has 3 nitrogen and oxygen atoms in total. The number of benzene rings is 2. The maximum Gasteiger partial charge on any atom is 0.253 e. The van der Waals surface area contributed by atoms with Crippen LogP contribution in [-0.2, 0) is 0 Å². The van der Waals surface area contributed by atoms with Crippen LogP contribution in [0.2, 0.25) is 10.0 Å². The number of hydrogen-bond donors (Lipinski definition) is 1. The Morgan fingerprint density at radius 3 is 2.43 bits per heavy atom. The number of nitrogens with two attached hydrogens (primary N) is 1. The molecule has 0 unspecified atom stereocenters. The lowest BCUT2D eigenvalue weighted by Gasteiger charge is -2.12. The van der Waals surface area contributed by atoms with Crippen LogP contribution < -0.4 is 5.73 Å². The van der Waals surface area contributed by atoms with Gasteiger partial charge in [-0.2, -0.15) is 0 Å². The molecule has 2 rings (SSSR count). The molecule has 0 fully saturated rings. The molecule has 0 spiro atoms. The summed E-state index contributed by atoms with van der Waals surface area (Å²) in [5.74, 6) is -0.0639. The van der Waals surface area contributed by atoms with Crippen LogP contribution in [0.5, 0.6) is 0 Å².